The van der Waals surface area contributed by atoms with Crippen molar-refractivity contribution < 1.29 is 4.42 Å². The van der Waals surface area contributed by atoms with Crippen LogP contribution in [0.2, 0.25) is 0 Å². The van der Waals surface area contributed by atoms with Gasteiger partial charge in [0.2, 0.25) is 0 Å². The van der Waals surface area contributed by atoms with Crippen molar-refractivity contribution in [1.82, 2.24) is 5.32 Å². The Morgan fingerprint density at radius 2 is 2.18 bits per heavy atom. The highest BCUT2D eigenvalue weighted by molar-refractivity contribution is 7.80. The number of rotatable bonds is 3. The van der Waals surface area contributed by atoms with E-state index in [1.54, 1.807) is 6.26 Å². The molecule has 0 fully saturated rings. The van der Waals surface area contributed by atoms with Gasteiger partial charge < -0.3 is 15.1 Å². The Hall–Kier alpha value is -1.81. The van der Waals surface area contributed by atoms with E-state index in [2.05, 4.69) is 10.6 Å². The highest BCUT2D eigenvalue weighted by Crippen LogP contribution is 2.09. The summed E-state index contributed by atoms with van der Waals surface area (Å²) in [6.45, 7) is 2.63. The van der Waals surface area contributed by atoms with E-state index >= 15 is 0 Å². The molecular weight excluding hydrogens is 232 g/mol. The second-order valence-electron chi connectivity index (χ2n) is 3.76. The van der Waals surface area contributed by atoms with E-state index in [9.17, 15) is 0 Å². The highest BCUT2D eigenvalue weighted by Gasteiger charge is 1.99. The van der Waals surface area contributed by atoms with Gasteiger partial charge in [-0.05, 0) is 49.0 Å². The largest absolute Gasteiger partial charge is 0.467 e. The summed E-state index contributed by atoms with van der Waals surface area (Å²) in [5, 5.41) is 6.79. The fraction of sp³-hybridized carbons (Fsp3) is 0.154. The Morgan fingerprint density at radius 3 is 2.88 bits per heavy atom. The molecule has 0 aliphatic carbocycles. The van der Waals surface area contributed by atoms with Crippen LogP contribution in [0.15, 0.2) is 47.1 Å². The molecule has 1 heterocycles. The minimum absolute atomic E-state index is 0.588. The molecule has 2 aromatic rings. The van der Waals surface area contributed by atoms with Crippen LogP contribution < -0.4 is 10.6 Å². The Balaban J connectivity index is 1.85. The number of thiocarbonyl (C=S) groups is 1. The van der Waals surface area contributed by atoms with Gasteiger partial charge in [-0.15, -0.1) is 0 Å². The maximum Gasteiger partial charge on any atom is 0.171 e. The van der Waals surface area contributed by atoms with Crippen LogP contribution in [0, 0.1) is 6.92 Å². The van der Waals surface area contributed by atoms with Crippen LogP contribution in [0.3, 0.4) is 0 Å². The maximum absolute atomic E-state index is 5.20. The van der Waals surface area contributed by atoms with Crippen LogP contribution in [0.1, 0.15) is 11.3 Å². The lowest BCUT2D eigenvalue weighted by Crippen LogP contribution is -2.27. The molecule has 0 aliphatic heterocycles. The lowest BCUT2D eigenvalue weighted by atomic mass is 10.2. The zero-order chi connectivity index (χ0) is 12.1. The van der Waals surface area contributed by atoms with Crippen molar-refractivity contribution in [2.75, 3.05) is 5.32 Å². The van der Waals surface area contributed by atoms with Gasteiger partial charge >= 0.3 is 0 Å². The molecule has 0 saturated heterocycles. The van der Waals surface area contributed by atoms with Gasteiger partial charge in [-0.3, -0.25) is 0 Å². The number of furan rings is 1. The van der Waals surface area contributed by atoms with Gasteiger partial charge in [0.25, 0.3) is 0 Å². The number of aryl methyl sites for hydroxylation is 1. The SMILES string of the molecule is Cc1cccc(NC(=S)NCc2ccco2)c1. The van der Waals surface area contributed by atoms with E-state index in [1.165, 1.54) is 5.56 Å². The normalized spacial score (nSPS) is 9.94. The summed E-state index contributed by atoms with van der Waals surface area (Å²) >= 11 is 5.19. The van der Waals surface area contributed by atoms with Gasteiger partial charge in [-0.25, -0.2) is 0 Å². The third kappa shape index (κ3) is 3.60. The van der Waals surface area contributed by atoms with E-state index in [-0.39, 0.29) is 0 Å². The predicted molar refractivity (Wildman–Crippen MR) is 72.9 cm³/mol. The molecule has 0 spiro atoms. The molecule has 0 unspecified atom stereocenters. The van der Waals surface area contributed by atoms with Crippen molar-refractivity contribution in [3.63, 3.8) is 0 Å². The average molecular weight is 246 g/mol. The molecule has 0 atom stereocenters. The maximum atomic E-state index is 5.20. The van der Waals surface area contributed by atoms with Crippen LogP contribution >= 0.6 is 12.2 Å². The molecular formula is C13H14N2OS. The lowest BCUT2D eigenvalue weighted by Gasteiger charge is -2.09. The van der Waals surface area contributed by atoms with Crippen LogP contribution in [0.25, 0.3) is 0 Å². The van der Waals surface area contributed by atoms with Gasteiger partial charge in [0, 0.05) is 5.69 Å². The predicted octanol–water partition coefficient (Wildman–Crippen LogP) is 3.07. The number of anilines is 1. The Kier molecular flexibility index (Phi) is 3.77. The van der Waals surface area contributed by atoms with Crippen molar-refractivity contribution >= 4 is 23.0 Å². The second-order valence-corrected chi connectivity index (χ2v) is 4.16. The van der Waals surface area contributed by atoms with Gasteiger partial charge in [-0.2, -0.15) is 0 Å². The zero-order valence-corrected chi connectivity index (χ0v) is 10.4. The van der Waals surface area contributed by atoms with Gasteiger partial charge in [0.05, 0.1) is 12.8 Å². The molecule has 0 saturated carbocycles. The van der Waals surface area contributed by atoms with E-state index < -0.39 is 0 Å². The second kappa shape index (κ2) is 5.50. The Morgan fingerprint density at radius 1 is 1.29 bits per heavy atom. The van der Waals surface area contributed by atoms with Crippen molar-refractivity contribution in [1.29, 1.82) is 0 Å². The number of hydrogen-bond donors (Lipinski definition) is 2. The highest BCUT2D eigenvalue weighted by atomic mass is 32.1. The van der Waals surface area contributed by atoms with Crippen molar-refractivity contribution in [3.05, 3.63) is 54.0 Å². The average Bonchev–Trinajstić information content (AvgIpc) is 2.79. The standard InChI is InChI=1S/C13H14N2OS/c1-10-4-2-5-11(8-10)15-13(17)14-9-12-6-3-7-16-12/h2-8H,9H2,1H3,(H2,14,15,17). The summed E-state index contributed by atoms with van der Waals surface area (Å²) in [7, 11) is 0. The molecule has 2 N–H and O–H groups in total. The molecule has 4 heteroatoms. The smallest absolute Gasteiger partial charge is 0.171 e. The molecule has 0 amide bonds. The molecule has 2 rings (SSSR count). The minimum Gasteiger partial charge on any atom is -0.467 e. The Bertz CT molecular complexity index is 494. The Labute approximate surface area is 106 Å². The summed E-state index contributed by atoms with van der Waals surface area (Å²) < 4.78 is 5.20. The summed E-state index contributed by atoms with van der Waals surface area (Å²) in [4.78, 5) is 0. The summed E-state index contributed by atoms with van der Waals surface area (Å²) in [6, 6.07) is 11.8. The molecule has 1 aromatic heterocycles. The topological polar surface area (TPSA) is 37.2 Å². The van der Waals surface area contributed by atoms with Crippen molar-refractivity contribution in [2.45, 2.75) is 13.5 Å². The number of benzene rings is 1. The first kappa shape index (κ1) is 11.7. The van der Waals surface area contributed by atoms with Gasteiger partial charge in [0.15, 0.2) is 5.11 Å². The van der Waals surface area contributed by atoms with Crippen LogP contribution in [-0.4, -0.2) is 5.11 Å². The first-order valence-corrected chi connectivity index (χ1v) is 5.79. The lowest BCUT2D eigenvalue weighted by molar-refractivity contribution is 0.503. The summed E-state index contributed by atoms with van der Waals surface area (Å²) in [5.41, 5.74) is 2.19. The first-order valence-electron chi connectivity index (χ1n) is 5.38. The minimum atomic E-state index is 0.588. The van der Waals surface area contributed by atoms with Gasteiger partial charge in [-0.1, -0.05) is 12.1 Å². The molecule has 3 nitrogen and oxygen atoms in total. The molecule has 88 valence electrons. The first-order chi connectivity index (χ1) is 8.24. The van der Waals surface area contributed by atoms with Crippen LogP contribution in [0.4, 0.5) is 5.69 Å². The summed E-state index contributed by atoms with van der Waals surface area (Å²) in [6.07, 6.45) is 1.65. The molecule has 0 bridgehead atoms. The van der Waals surface area contributed by atoms with E-state index in [0.29, 0.717) is 11.7 Å². The molecule has 0 aliphatic rings. The van der Waals surface area contributed by atoms with Gasteiger partial charge in [0.1, 0.15) is 5.76 Å². The van der Waals surface area contributed by atoms with Crippen molar-refractivity contribution in [2.24, 2.45) is 0 Å². The molecule has 1 aromatic carbocycles. The van der Waals surface area contributed by atoms with E-state index in [1.807, 2.05) is 43.3 Å². The number of hydrogen-bond acceptors (Lipinski definition) is 2. The van der Waals surface area contributed by atoms with E-state index in [4.69, 9.17) is 16.6 Å². The van der Waals surface area contributed by atoms with Crippen LogP contribution in [-0.2, 0) is 6.54 Å². The van der Waals surface area contributed by atoms with E-state index in [0.717, 1.165) is 11.4 Å². The molecule has 0 radical (unpaired) electrons. The summed E-state index contributed by atoms with van der Waals surface area (Å²) in [5.74, 6) is 0.860. The fourth-order valence-corrected chi connectivity index (χ4v) is 1.67. The molecule has 17 heavy (non-hydrogen) atoms. The number of nitrogens with one attached hydrogen (secondary N) is 2. The zero-order valence-electron chi connectivity index (χ0n) is 9.57. The van der Waals surface area contributed by atoms with Crippen LogP contribution in [0.5, 0.6) is 0 Å². The third-order valence-electron chi connectivity index (χ3n) is 2.28. The quantitative estimate of drug-likeness (QED) is 0.816. The fourth-order valence-electron chi connectivity index (χ4n) is 1.48. The monoisotopic (exact) mass is 246 g/mol. The van der Waals surface area contributed by atoms with Crippen molar-refractivity contribution in [3.8, 4) is 0 Å². The third-order valence-corrected chi connectivity index (χ3v) is 2.53.